The Morgan fingerprint density at radius 2 is 1.71 bits per heavy atom. The van der Waals surface area contributed by atoms with Crippen molar-refractivity contribution in [3.63, 3.8) is 0 Å². The fourth-order valence-corrected chi connectivity index (χ4v) is 4.40. The number of methoxy groups -OCH3 is 1. The lowest BCUT2D eigenvalue weighted by atomic mass is 10.1. The maximum atomic E-state index is 12.5. The summed E-state index contributed by atoms with van der Waals surface area (Å²) in [6.07, 6.45) is 4.53. The SMILES string of the molecule is COc1ccc(S(=O)(=O)NC2CCN(C(=O)/C=C/c3ccccc3)CC2)cc1. The van der Waals surface area contributed by atoms with E-state index in [-0.39, 0.29) is 16.8 Å². The lowest BCUT2D eigenvalue weighted by molar-refractivity contribution is -0.126. The molecule has 0 aromatic heterocycles. The van der Waals surface area contributed by atoms with Gasteiger partial charge in [0.05, 0.1) is 12.0 Å². The van der Waals surface area contributed by atoms with E-state index in [9.17, 15) is 13.2 Å². The van der Waals surface area contributed by atoms with Gasteiger partial charge in [-0.2, -0.15) is 0 Å². The second-order valence-electron chi connectivity index (χ2n) is 6.64. The molecule has 1 amide bonds. The molecule has 1 aliphatic rings. The lowest BCUT2D eigenvalue weighted by Crippen LogP contribution is -2.46. The minimum atomic E-state index is -3.59. The zero-order chi connectivity index (χ0) is 20.0. The molecular weight excluding hydrogens is 376 g/mol. The predicted molar refractivity (Wildman–Crippen MR) is 108 cm³/mol. The normalized spacial score (nSPS) is 15.7. The average molecular weight is 401 g/mol. The summed E-state index contributed by atoms with van der Waals surface area (Å²) in [5.74, 6) is 0.551. The molecule has 1 heterocycles. The summed E-state index contributed by atoms with van der Waals surface area (Å²) in [7, 11) is -2.06. The van der Waals surface area contributed by atoms with Gasteiger partial charge in [0.15, 0.2) is 0 Å². The molecule has 2 aromatic rings. The van der Waals surface area contributed by atoms with Gasteiger partial charge in [-0.15, -0.1) is 0 Å². The largest absolute Gasteiger partial charge is 0.497 e. The molecule has 6 nitrogen and oxygen atoms in total. The summed E-state index contributed by atoms with van der Waals surface area (Å²) >= 11 is 0. The van der Waals surface area contributed by atoms with Crippen molar-refractivity contribution in [3.05, 3.63) is 66.2 Å². The third kappa shape index (κ3) is 5.21. The molecule has 1 saturated heterocycles. The Hall–Kier alpha value is -2.64. The number of carbonyl (C=O) groups excluding carboxylic acids is 1. The fraction of sp³-hybridized carbons (Fsp3) is 0.286. The van der Waals surface area contributed by atoms with Crippen LogP contribution in [0.15, 0.2) is 65.6 Å². The highest BCUT2D eigenvalue weighted by Gasteiger charge is 2.26. The van der Waals surface area contributed by atoms with Crippen LogP contribution in [0.3, 0.4) is 0 Å². The van der Waals surface area contributed by atoms with E-state index in [0.29, 0.717) is 31.7 Å². The molecule has 1 N–H and O–H groups in total. The van der Waals surface area contributed by atoms with Gasteiger partial charge in [-0.1, -0.05) is 30.3 Å². The van der Waals surface area contributed by atoms with Crippen molar-refractivity contribution in [1.29, 1.82) is 0 Å². The summed E-state index contributed by atoms with van der Waals surface area (Å²) in [4.78, 5) is 14.3. The van der Waals surface area contributed by atoms with Crippen molar-refractivity contribution in [3.8, 4) is 5.75 Å². The number of ether oxygens (including phenoxy) is 1. The third-order valence-corrected chi connectivity index (χ3v) is 6.25. The predicted octanol–water partition coefficient (Wildman–Crippen LogP) is 2.68. The number of rotatable bonds is 6. The number of sulfonamides is 1. The van der Waals surface area contributed by atoms with Crippen LogP contribution in [0.25, 0.3) is 6.08 Å². The summed E-state index contributed by atoms with van der Waals surface area (Å²) in [6.45, 7) is 1.04. The number of likely N-dealkylation sites (tertiary alicyclic amines) is 1. The monoisotopic (exact) mass is 400 g/mol. The molecule has 0 spiro atoms. The van der Waals surface area contributed by atoms with Gasteiger partial charge in [0.2, 0.25) is 15.9 Å². The van der Waals surface area contributed by atoms with Crippen molar-refractivity contribution >= 4 is 22.0 Å². The van der Waals surface area contributed by atoms with E-state index in [1.165, 1.54) is 19.2 Å². The molecule has 0 bridgehead atoms. The number of piperidine rings is 1. The van der Waals surface area contributed by atoms with Crippen LogP contribution in [-0.2, 0) is 14.8 Å². The maximum Gasteiger partial charge on any atom is 0.246 e. The molecule has 0 aliphatic carbocycles. The van der Waals surface area contributed by atoms with Crippen molar-refractivity contribution in [1.82, 2.24) is 9.62 Å². The van der Waals surface area contributed by atoms with Gasteiger partial charge in [-0.05, 0) is 48.7 Å². The maximum absolute atomic E-state index is 12.5. The Balaban J connectivity index is 1.53. The van der Waals surface area contributed by atoms with Crippen molar-refractivity contribution in [2.24, 2.45) is 0 Å². The molecule has 0 radical (unpaired) electrons. The van der Waals surface area contributed by atoms with Crippen LogP contribution in [0.2, 0.25) is 0 Å². The summed E-state index contributed by atoms with van der Waals surface area (Å²) < 4.78 is 32.9. The van der Waals surface area contributed by atoms with Crippen molar-refractivity contribution in [2.45, 2.75) is 23.8 Å². The fourth-order valence-electron chi connectivity index (χ4n) is 3.10. The summed E-state index contributed by atoms with van der Waals surface area (Å²) in [6, 6.07) is 15.7. The Morgan fingerprint density at radius 3 is 2.32 bits per heavy atom. The molecule has 2 aromatic carbocycles. The van der Waals surface area contributed by atoms with Gasteiger partial charge in [0.25, 0.3) is 0 Å². The second-order valence-corrected chi connectivity index (χ2v) is 8.35. The highest BCUT2D eigenvalue weighted by molar-refractivity contribution is 7.89. The van der Waals surface area contributed by atoms with Crippen LogP contribution in [0.5, 0.6) is 5.75 Å². The smallest absolute Gasteiger partial charge is 0.246 e. The molecule has 0 atom stereocenters. The number of hydrogen-bond donors (Lipinski definition) is 1. The van der Waals surface area contributed by atoms with Crippen molar-refractivity contribution < 1.29 is 17.9 Å². The minimum Gasteiger partial charge on any atom is -0.497 e. The van der Waals surface area contributed by atoms with E-state index in [1.54, 1.807) is 29.2 Å². The lowest BCUT2D eigenvalue weighted by Gasteiger charge is -2.31. The first-order valence-electron chi connectivity index (χ1n) is 9.16. The number of nitrogens with one attached hydrogen (secondary N) is 1. The zero-order valence-electron chi connectivity index (χ0n) is 15.7. The molecule has 28 heavy (non-hydrogen) atoms. The Labute approximate surface area is 165 Å². The number of benzene rings is 2. The Kier molecular flexibility index (Phi) is 6.49. The molecule has 1 fully saturated rings. The van der Waals surface area contributed by atoms with Gasteiger partial charge in [-0.25, -0.2) is 13.1 Å². The van der Waals surface area contributed by atoms with Crippen LogP contribution >= 0.6 is 0 Å². The van der Waals surface area contributed by atoms with Crippen LogP contribution in [-0.4, -0.2) is 45.5 Å². The highest BCUT2D eigenvalue weighted by Crippen LogP contribution is 2.18. The van der Waals surface area contributed by atoms with E-state index in [4.69, 9.17) is 4.74 Å². The van der Waals surface area contributed by atoms with Gasteiger partial charge in [0.1, 0.15) is 5.75 Å². The van der Waals surface area contributed by atoms with Gasteiger partial charge >= 0.3 is 0 Å². The second kappa shape index (κ2) is 9.03. The van der Waals surface area contributed by atoms with E-state index in [1.807, 2.05) is 30.3 Å². The third-order valence-electron chi connectivity index (χ3n) is 4.72. The van der Waals surface area contributed by atoms with E-state index >= 15 is 0 Å². The van der Waals surface area contributed by atoms with Gasteiger partial charge in [0, 0.05) is 25.2 Å². The van der Waals surface area contributed by atoms with Crippen molar-refractivity contribution in [2.75, 3.05) is 20.2 Å². The Bertz CT molecular complexity index is 917. The van der Waals surface area contributed by atoms with Gasteiger partial charge in [-0.3, -0.25) is 4.79 Å². The molecular formula is C21H24N2O4S. The molecule has 148 valence electrons. The first-order valence-corrected chi connectivity index (χ1v) is 10.6. The van der Waals surface area contributed by atoms with Crippen LogP contribution < -0.4 is 9.46 Å². The Morgan fingerprint density at radius 1 is 1.07 bits per heavy atom. The highest BCUT2D eigenvalue weighted by atomic mass is 32.2. The average Bonchev–Trinajstić information content (AvgIpc) is 2.73. The van der Waals surface area contributed by atoms with Crippen LogP contribution in [0.4, 0.5) is 0 Å². The molecule has 1 aliphatic heterocycles. The number of hydrogen-bond acceptors (Lipinski definition) is 4. The number of carbonyl (C=O) groups is 1. The van der Waals surface area contributed by atoms with Gasteiger partial charge < -0.3 is 9.64 Å². The molecule has 0 saturated carbocycles. The quantitative estimate of drug-likeness (QED) is 0.757. The van der Waals surface area contributed by atoms with E-state index < -0.39 is 10.0 Å². The topological polar surface area (TPSA) is 75.7 Å². The summed E-state index contributed by atoms with van der Waals surface area (Å²) in [5.41, 5.74) is 0.970. The molecule has 0 unspecified atom stereocenters. The molecule has 3 rings (SSSR count). The summed E-state index contributed by atoms with van der Waals surface area (Å²) in [5, 5.41) is 0. The molecule has 7 heteroatoms. The van der Waals surface area contributed by atoms with E-state index in [0.717, 1.165) is 5.56 Å². The number of amides is 1. The number of nitrogens with zero attached hydrogens (tertiary/aromatic N) is 1. The van der Waals surface area contributed by atoms with Crippen LogP contribution in [0.1, 0.15) is 18.4 Å². The minimum absolute atomic E-state index is 0.0553. The zero-order valence-corrected chi connectivity index (χ0v) is 16.6. The first-order chi connectivity index (χ1) is 13.5. The van der Waals surface area contributed by atoms with E-state index in [2.05, 4.69) is 4.72 Å². The van der Waals surface area contributed by atoms with Crippen LogP contribution in [0, 0.1) is 0 Å². The first kappa shape index (κ1) is 20.1. The standard InChI is InChI=1S/C21H24N2O4S/c1-27-19-8-10-20(11-9-19)28(25,26)22-18-13-15-23(16-14-18)21(24)12-7-17-5-3-2-4-6-17/h2-12,18,22H,13-16H2,1H3/b12-7+.